The van der Waals surface area contributed by atoms with E-state index >= 15 is 0 Å². The highest BCUT2D eigenvalue weighted by Gasteiger charge is 2.47. The molecule has 0 spiro atoms. The van der Waals surface area contributed by atoms with Gasteiger partial charge in [0.25, 0.3) is 5.91 Å². The van der Waals surface area contributed by atoms with E-state index in [9.17, 15) is 19.2 Å². The molecule has 3 atom stereocenters. The zero-order valence-electron chi connectivity index (χ0n) is 32.5. The van der Waals surface area contributed by atoms with Crippen molar-refractivity contribution in [3.8, 4) is 33.6 Å². The third-order valence-electron chi connectivity index (χ3n) is 12.0. The van der Waals surface area contributed by atoms with E-state index in [0.717, 1.165) is 97.4 Å². The molecule has 4 amide bonds. The zero-order chi connectivity index (χ0) is 39.6. The van der Waals surface area contributed by atoms with Crippen molar-refractivity contribution in [1.82, 2.24) is 35.1 Å². The van der Waals surface area contributed by atoms with Crippen molar-refractivity contribution >= 4 is 24.0 Å². The minimum atomic E-state index is -1.37. The summed E-state index contributed by atoms with van der Waals surface area (Å²) in [5, 5.41) is 2.87. The number of nitrogens with one attached hydrogen (secondary N) is 3. The summed E-state index contributed by atoms with van der Waals surface area (Å²) in [5.74, 6) is 1.10. The number of carbonyl (C=O) groups is 4. The molecule has 2 saturated heterocycles. The topological polar surface area (TPSA) is 189 Å². The van der Waals surface area contributed by atoms with Crippen LogP contribution in [0.3, 0.4) is 0 Å². The lowest BCUT2D eigenvalue weighted by Gasteiger charge is -2.36. The first-order valence-electron chi connectivity index (χ1n) is 19.7. The molecule has 1 aliphatic carbocycles. The Morgan fingerprint density at radius 3 is 1.73 bits per heavy atom. The van der Waals surface area contributed by atoms with Crippen LogP contribution in [-0.4, -0.2) is 85.6 Å². The van der Waals surface area contributed by atoms with Gasteiger partial charge in [-0.1, -0.05) is 62.4 Å². The molecule has 56 heavy (non-hydrogen) atoms. The Hall–Kier alpha value is -5.66. The predicted octanol–water partition coefficient (Wildman–Crippen LogP) is 6.89. The Labute approximate surface area is 326 Å². The first kappa shape index (κ1) is 38.6. The number of rotatable bonds is 10. The SMILES string of the molecule is COC(=O)NC1CCC(C(=O)N2CCC[C@H]2c2ncc(-c3ccc(-c4ccc(-c5cnc([C@@H]6CCCN6C(=O)[C@@](C)(OC(N)=O)C(C)C)[nH]5)cc4)cc3)[nH]2)CC1. The third kappa shape index (κ3) is 7.87. The minimum absolute atomic E-state index is 0.0433. The van der Waals surface area contributed by atoms with Gasteiger partial charge >= 0.3 is 12.2 Å². The summed E-state index contributed by atoms with van der Waals surface area (Å²) in [6, 6.07) is 16.3. The number of aromatic amines is 2. The van der Waals surface area contributed by atoms with Gasteiger partial charge in [-0.15, -0.1) is 0 Å². The smallest absolute Gasteiger partial charge is 0.407 e. The number of nitrogens with two attached hydrogens (primary N) is 1. The molecule has 2 aromatic carbocycles. The van der Waals surface area contributed by atoms with Crippen molar-refractivity contribution in [2.75, 3.05) is 20.2 Å². The quantitative estimate of drug-likeness (QED) is 0.134. The van der Waals surface area contributed by atoms with E-state index < -0.39 is 17.8 Å². The number of methoxy groups -OCH3 is 1. The van der Waals surface area contributed by atoms with E-state index in [1.54, 1.807) is 18.0 Å². The summed E-state index contributed by atoms with van der Waals surface area (Å²) in [5.41, 5.74) is 9.83. The van der Waals surface area contributed by atoms with Crippen LogP contribution in [0.25, 0.3) is 33.6 Å². The molecule has 0 bridgehead atoms. The second-order valence-corrected chi connectivity index (χ2v) is 15.7. The molecule has 14 heteroatoms. The standard InChI is InChI=1S/C42H52N8O6/c1-25(2)42(3,56-40(43)53)39(52)50-22-6-8-35(50)37-45-24-33(48-37)29-15-11-27(12-16-29)26-9-13-28(14-10-26)32-23-44-36(47-32)34-7-5-21-49(34)38(51)30-17-19-31(20-18-30)46-41(54)55-4/h9-16,23-25,30-31,34-35H,5-8,17-22H2,1-4H3,(H2,43,53)(H,44,47)(H,45,48)(H,46,54)/t30?,31?,34-,35-,42-/m0/s1. The lowest BCUT2D eigenvalue weighted by Crippen LogP contribution is -2.53. The number of hydrogen-bond acceptors (Lipinski definition) is 8. The van der Waals surface area contributed by atoms with E-state index in [-0.39, 0.29) is 41.8 Å². The number of primary amides is 1. The number of H-pyrrole nitrogens is 2. The summed E-state index contributed by atoms with van der Waals surface area (Å²) in [7, 11) is 1.36. The molecule has 5 N–H and O–H groups in total. The van der Waals surface area contributed by atoms with E-state index in [1.807, 2.05) is 24.9 Å². The maximum absolute atomic E-state index is 13.7. The molecule has 4 heterocycles. The Bertz CT molecular complexity index is 2030. The van der Waals surface area contributed by atoms with Crippen LogP contribution in [-0.2, 0) is 19.1 Å². The molecule has 3 fully saturated rings. The number of benzene rings is 2. The molecule has 1 saturated carbocycles. The van der Waals surface area contributed by atoms with Gasteiger partial charge in [0.05, 0.1) is 43.0 Å². The van der Waals surface area contributed by atoms with Gasteiger partial charge in [-0.05, 0) is 80.5 Å². The molecular formula is C42H52N8O6. The molecule has 3 aliphatic rings. The highest BCUT2D eigenvalue weighted by Crippen LogP contribution is 2.38. The van der Waals surface area contributed by atoms with E-state index in [2.05, 4.69) is 68.8 Å². The number of imidazole rings is 2. The normalized spacial score (nSPS) is 22.2. The van der Waals surface area contributed by atoms with Crippen molar-refractivity contribution in [2.45, 2.75) is 95.9 Å². The monoisotopic (exact) mass is 764 g/mol. The van der Waals surface area contributed by atoms with Crippen molar-refractivity contribution in [1.29, 1.82) is 0 Å². The summed E-state index contributed by atoms with van der Waals surface area (Å²) in [6.45, 7) is 6.56. The summed E-state index contributed by atoms with van der Waals surface area (Å²) >= 11 is 0. The molecule has 2 aromatic heterocycles. The molecule has 296 valence electrons. The van der Waals surface area contributed by atoms with Gasteiger partial charge in [0, 0.05) is 31.0 Å². The van der Waals surface area contributed by atoms with Gasteiger partial charge < -0.3 is 40.3 Å². The Kier molecular flexibility index (Phi) is 11.2. The van der Waals surface area contributed by atoms with Crippen LogP contribution in [0.1, 0.15) is 95.9 Å². The summed E-state index contributed by atoms with van der Waals surface area (Å²) in [4.78, 5) is 70.6. The maximum atomic E-state index is 13.7. The first-order valence-corrected chi connectivity index (χ1v) is 19.7. The van der Waals surface area contributed by atoms with Crippen LogP contribution in [0.15, 0.2) is 60.9 Å². The van der Waals surface area contributed by atoms with Crippen LogP contribution in [0, 0.1) is 11.8 Å². The number of ether oxygens (including phenoxy) is 2. The average molecular weight is 765 g/mol. The molecule has 0 unspecified atom stereocenters. The number of alkyl carbamates (subject to hydrolysis) is 1. The second-order valence-electron chi connectivity index (χ2n) is 15.7. The van der Waals surface area contributed by atoms with E-state index in [1.165, 1.54) is 7.11 Å². The number of nitrogens with zero attached hydrogens (tertiary/aromatic N) is 4. The van der Waals surface area contributed by atoms with Crippen molar-refractivity contribution in [3.05, 3.63) is 72.6 Å². The maximum Gasteiger partial charge on any atom is 0.407 e. The van der Waals surface area contributed by atoms with Crippen LogP contribution in [0.2, 0.25) is 0 Å². The summed E-state index contributed by atoms with van der Waals surface area (Å²) in [6.07, 6.45) is 8.65. The zero-order valence-corrected chi connectivity index (χ0v) is 32.5. The highest BCUT2D eigenvalue weighted by atomic mass is 16.6. The number of hydrogen-bond donors (Lipinski definition) is 4. The van der Waals surface area contributed by atoms with E-state index in [0.29, 0.717) is 12.4 Å². The number of likely N-dealkylation sites (tertiary alicyclic amines) is 2. The lowest BCUT2D eigenvalue weighted by atomic mass is 9.85. The lowest BCUT2D eigenvalue weighted by molar-refractivity contribution is -0.155. The van der Waals surface area contributed by atoms with Gasteiger partial charge in [-0.2, -0.15) is 0 Å². The molecule has 0 radical (unpaired) electrons. The largest absolute Gasteiger partial charge is 0.453 e. The molecule has 14 nitrogen and oxygen atoms in total. The first-order chi connectivity index (χ1) is 26.9. The van der Waals surface area contributed by atoms with Crippen molar-refractivity contribution in [2.24, 2.45) is 17.6 Å². The minimum Gasteiger partial charge on any atom is -0.453 e. The van der Waals surface area contributed by atoms with Crippen molar-refractivity contribution in [3.63, 3.8) is 0 Å². The highest BCUT2D eigenvalue weighted by molar-refractivity contribution is 5.88. The van der Waals surface area contributed by atoms with Gasteiger partial charge in [-0.3, -0.25) is 9.59 Å². The van der Waals surface area contributed by atoms with Crippen molar-refractivity contribution < 1.29 is 28.7 Å². The van der Waals surface area contributed by atoms with E-state index in [4.69, 9.17) is 20.2 Å². The van der Waals surface area contributed by atoms with Crippen LogP contribution in [0.4, 0.5) is 9.59 Å². The van der Waals surface area contributed by atoms with Crippen LogP contribution < -0.4 is 11.1 Å². The van der Waals surface area contributed by atoms with Crippen LogP contribution in [0.5, 0.6) is 0 Å². The molecule has 7 rings (SSSR count). The van der Waals surface area contributed by atoms with Gasteiger partial charge in [-0.25, -0.2) is 19.6 Å². The number of carbonyl (C=O) groups excluding carboxylic acids is 4. The van der Waals surface area contributed by atoms with Crippen LogP contribution >= 0.6 is 0 Å². The van der Waals surface area contributed by atoms with Gasteiger partial charge in [0.15, 0.2) is 5.60 Å². The molecular weight excluding hydrogens is 713 g/mol. The fourth-order valence-electron chi connectivity index (χ4n) is 8.45. The fraction of sp³-hybridized carbons (Fsp3) is 0.476. The Morgan fingerprint density at radius 2 is 1.25 bits per heavy atom. The van der Waals surface area contributed by atoms with Gasteiger partial charge in [0.1, 0.15) is 11.6 Å². The predicted molar refractivity (Wildman–Crippen MR) is 210 cm³/mol. The summed E-state index contributed by atoms with van der Waals surface area (Å²) < 4.78 is 10.1. The molecule has 4 aromatic rings. The Balaban J connectivity index is 0.974. The average Bonchev–Trinajstić information content (AvgIpc) is 4.04. The number of aromatic nitrogens is 4. The third-order valence-corrected chi connectivity index (χ3v) is 12.0. The van der Waals surface area contributed by atoms with Gasteiger partial charge in [0.2, 0.25) is 5.91 Å². The number of amides is 4. The Morgan fingerprint density at radius 1 is 0.768 bits per heavy atom. The fourth-order valence-corrected chi connectivity index (χ4v) is 8.45. The second kappa shape index (κ2) is 16.2. The molecule has 2 aliphatic heterocycles.